The number of aromatic carboxylic acids is 1. The number of hydrazone groups is 1. The molecule has 1 fully saturated rings. The Labute approximate surface area is 207 Å². The summed E-state index contributed by atoms with van der Waals surface area (Å²) in [6.07, 6.45) is 4.63. The van der Waals surface area contributed by atoms with E-state index in [1.807, 2.05) is 60.7 Å². The Kier molecular flexibility index (Phi) is 6.16. The van der Waals surface area contributed by atoms with Gasteiger partial charge >= 0.3 is 5.97 Å². The van der Waals surface area contributed by atoms with Crippen LogP contribution in [0.3, 0.4) is 0 Å². The van der Waals surface area contributed by atoms with Gasteiger partial charge in [0.1, 0.15) is 5.56 Å². The van der Waals surface area contributed by atoms with Gasteiger partial charge in [-0.1, -0.05) is 66.7 Å². The van der Waals surface area contributed by atoms with Gasteiger partial charge in [-0.05, 0) is 48.1 Å². The third-order valence-corrected chi connectivity index (χ3v) is 6.67. The maximum absolute atomic E-state index is 13.9. The van der Waals surface area contributed by atoms with Crippen LogP contribution in [0, 0.1) is 16.0 Å². The van der Waals surface area contributed by atoms with E-state index >= 15 is 0 Å². The van der Waals surface area contributed by atoms with E-state index in [0.29, 0.717) is 0 Å². The fraction of sp³-hybridized carbons (Fsp3) is 0.179. The van der Waals surface area contributed by atoms with Crippen LogP contribution < -0.4 is 0 Å². The van der Waals surface area contributed by atoms with Gasteiger partial charge in [-0.15, -0.1) is 0 Å². The van der Waals surface area contributed by atoms with E-state index in [1.165, 1.54) is 17.1 Å². The van der Waals surface area contributed by atoms with Crippen LogP contribution in [0.4, 0.5) is 5.69 Å². The third kappa shape index (κ3) is 4.17. The highest BCUT2D eigenvalue weighted by atomic mass is 16.6. The number of allylic oxidation sites excluding steroid dienone is 1. The second-order valence-electron chi connectivity index (χ2n) is 8.83. The number of nitrogens with zero attached hydrogens (tertiary/aromatic N) is 3. The number of hydrogen-bond donors (Lipinski definition) is 1. The summed E-state index contributed by atoms with van der Waals surface area (Å²) in [6, 6.07) is 22.6. The van der Waals surface area contributed by atoms with Crippen molar-refractivity contribution in [2.24, 2.45) is 11.0 Å². The Morgan fingerprint density at radius 3 is 2.36 bits per heavy atom. The van der Waals surface area contributed by atoms with Crippen LogP contribution in [0.15, 0.2) is 89.5 Å². The number of amides is 1. The zero-order chi connectivity index (χ0) is 25.2. The fourth-order valence-electron chi connectivity index (χ4n) is 5.12. The molecule has 1 saturated carbocycles. The van der Waals surface area contributed by atoms with Gasteiger partial charge in [0, 0.05) is 12.0 Å². The summed E-state index contributed by atoms with van der Waals surface area (Å²) in [4.78, 5) is 36.6. The van der Waals surface area contributed by atoms with Crippen LogP contribution in [-0.2, 0) is 0 Å². The van der Waals surface area contributed by atoms with Crippen molar-refractivity contribution < 1.29 is 19.6 Å². The van der Waals surface area contributed by atoms with E-state index < -0.39 is 34.1 Å². The number of carboxylic acids is 1. The maximum Gasteiger partial charge on any atom is 0.343 e. The molecule has 0 aromatic heterocycles. The van der Waals surface area contributed by atoms with Crippen LogP contribution in [0.25, 0.3) is 6.08 Å². The van der Waals surface area contributed by atoms with Crippen LogP contribution in [-0.4, -0.2) is 32.6 Å². The molecule has 5 rings (SSSR count). The minimum atomic E-state index is -1.53. The van der Waals surface area contributed by atoms with Crippen molar-refractivity contribution in [3.63, 3.8) is 0 Å². The molecule has 180 valence electrons. The summed E-state index contributed by atoms with van der Waals surface area (Å²) in [5.41, 5.74) is 2.23. The zero-order valence-corrected chi connectivity index (χ0v) is 19.3. The first-order chi connectivity index (χ1) is 17.5. The molecule has 0 bridgehead atoms. The standard InChI is InChI=1S/C28H23N3O5/c32-27(21-14-8-16-23(31(35)36)24(21)28(33)34)30-26(19-11-5-2-6-12-19)22-15-7-13-20(25(22)29-30)17-18-9-3-1-4-10-18/h1-6,8-12,14,16-17,22,26H,7,13,15H2,(H,33,34)/b20-17-/t22-,26-/m1/s1. The summed E-state index contributed by atoms with van der Waals surface area (Å²) in [5.74, 6) is -2.28. The number of benzene rings is 3. The highest BCUT2D eigenvalue weighted by molar-refractivity contribution is 6.11. The molecule has 1 aliphatic heterocycles. The van der Waals surface area contributed by atoms with Crippen molar-refractivity contribution in [2.45, 2.75) is 25.3 Å². The highest BCUT2D eigenvalue weighted by Gasteiger charge is 2.45. The molecule has 3 aromatic carbocycles. The van der Waals surface area contributed by atoms with Gasteiger partial charge in [-0.3, -0.25) is 14.9 Å². The molecule has 2 aliphatic rings. The largest absolute Gasteiger partial charge is 0.477 e. The Balaban J connectivity index is 1.64. The lowest BCUT2D eigenvalue weighted by Gasteiger charge is -2.29. The van der Waals surface area contributed by atoms with Gasteiger partial charge in [0.2, 0.25) is 0 Å². The molecule has 0 unspecified atom stereocenters. The number of carbonyl (C=O) groups is 2. The minimum absolute atomic E-state index is 0.0768. The third-order valence-electron chi connectivity index (χ3n) is 6.67. The lowest BCUT2D eigenvalue weighted by molar-refractivity contribution is -0.385. The van der Waals surface area contributed by atoms with Gasteiger partial charge in [0.15, 0.2) is 0 Å². The van der Waals surface area contributed by atoms with Crippen molar-refractivity contribution in [3.05, 3.63) is 117 Å². The lowest BCUT2D eigenvalue weighted by atomic mass is 9.77. The summed E-state index contributed by atoms with van der Waals surface area (Å²) >= 11 is 0. The first kappa shape index (κ1) is 23.2. The topological polar surface area (TPSA) is 113 Å². The predicted molar refractivity (Wildman–Crippen MR) is 135 cm³/mol. The maximum atomic E-state index is 13.9. The Bertz CT molecular complexity index is 1400. The average molecular weight is 482 g/mol. The van der Waals surface area contributed by atoms with Crippen LogP contribution in [0.5, 0.6) is 0 Å². The normalized spacial score (nSPS) is 20.1. The molecule has 2 atom stereocenters. The number of fused-ring (bicyclic) bond motifs is 1. The second kappa shape index (κ2) is 9.58. The summed E-state index contributed by atoms with van der Waals surface area (Å²) < 4.78 is 0. The molecular formula is C28H23N3O5. The Morgan fingerprint density at radius 2 is 1.69 bits per heavy atom. The van der Waals surface area contributed by atoms with E-state index in [9.17, 15) is 24.8 Å². The van der Waals surface area contributed by atoms with Gasteiger partial charge in [-0.2, -0.15) is 5.10 Å². The number of carbonyl (C=O) groups excluding carboxylic acids is 1. The summed E-state index contributed by atoms with van der Waals surface area (Å²) in [6.45, 7) is 0. The Morgan fingerprint density at radius 1 is 1.00 bits per heavy atom. The van der Waals surface area contributed by atoms with E-state index in [-0.39, 0.29) is 11.5 Å². The monoisotopic (exact) mass is 481 g/mol. The lowest BCUT2D eigenvalue weighted by Crippen LogP contribution is -2.32. The molecule has 36 heavy (non-hydrogen) atoms. The van der Waals surface area contributed by atoms with Gasteiger partial charge in [-0.25, -0.2) is 9.80 Å². The molecule has 3 aromatic rings. The van der Waals surface area contributed by atoms with Crippen molar-refractivity contribution >= 4 is 29.4 Å². The molecule has 8 heteroatoms. The molecule has 1 aliphatic carbocycles. The van der Waals surface area contributed by atoms with Gasteiger partial charge < -0.3 is 5.11 Å². The number of nitro benzene ring substituents is 1. The average Bonchev–Trinajstić information content (AvgIpc) is 3.29. The fourth-order valence-corrected chi connectivity index (χ4v) is 5.12. The molecule has 0 saturated heterocycles. The first-order valence-corrected chi connectivity index (χ1v) is 11.7. The number of carboxylic acid groups (broad SMARTS) is 1. The Hall–Kier alpha value is -4.59. The van der Waals surface area contributed by atoms with E-state index in [0.717, 1.165) is 47.7 Å². The summed E-state index contributed by atoms with van der Waals surface area (Å²) in [7, 11) is 0. The van der Waals surface area contributed by atoms with Gasteiger partial charge in [0.25, 0.3) is 11.6 Å². The first-order valence-electron chi connectivity index (χ1n) is 11.7. The molecule has 8 nitrogen and oxygen atoms in total. The van der Waals surface area contributed by atoms with Crippen LogP contribution >= 0.6 is 0 Å². The smallest absolute Gasteiger partial charge is 0.343 e. The van der Waals surface area contributed by atoms with Crippen molar-refractivity contribution in [2.75, 3.05) is 0 Å². The van der Waals surface area contributed by atoms with Crippen LogP contribution in [0.2, 0.25) is 0 Å². The van der Waals surface area contributed by atoms with E-state index in [4.69, 9.17) is 5.10 Å². The molecule has 0 radical (unpaired) electrons. The van der Waals surface area contributed by atoms with E-state index in [2.05, 4.69) is 6.08 Å². The molecule has 0 spiro atoms. The van der Waals surface area contributed by atoms with Crippen molar-refractivity contribution in [1.82, 2.24) is 5.01 Å². The quantitative estimate of drug-likeness (QED) is 0.369. The molecule has 1 N–H and O–H groups in total. The van der Waals surface area contributed by atoms with Crippen molar-refractivity contribution in [1.29, 1.82) is 0 Å². The van der Waals surface area contributed by atoms with Crippen molar-refractivity contribution in [3.8, 4) is 0 Å². The molecule has 1 heterocycles. The number of rotatable bonds is 5. The number of nitro groups is 1. The second-order valence-corrected chi connectivity index (χ2v) is 8.83. The zero-order valence-electron chi connectivity index (χ0n) is 19.3. The van der Waals surface area contributed by atoms with E-state index in [1.54, 1.807) is 0 Å². The van der Waals surface area contributed by atoms with Crippen LogP contribution in [0.1, 0.15) is 57.1 Å². The predicted octanol–water partition coefficient (Wildman–Crippen LogP) is 5.73. The molecular weight excluding hydrogens is 458 g/mol. The summed E-state index contributed by atoms with van der Waals surface area (Å²) in [5, 5.41) is 27.4. The van der Waals surface area contributed by atoms with Gasteiger partial charge in [0.05, 0.1) is 22.2 Å². The SMILES string of the molecule is O=C(O)c1c(C(=O)N2N=C3/C(=C\c4ccccc4)CCC[C@H]3[C@H]2c2ccccc2)cccc1[N+](=O)[O-]. The number of hydrogen-bond acceptors (Lipinski definition) is 5. The highest BCUT2D eigenvalue weighted by Crippen LogP contribution is 2.45. The minimum Gasteiger partial charge on any atom is -0.477 e. The molecule has 1 amide bonds.